The van der Waals surface area contributed by atoms with Gasteiger partial charge in [0.25, 0.3) is 0 Å². The predicted molar refractivity (Wildman–Crippen MR) is 74.4 cm³/mol. The van der Waals surface area contributed by atoms with Gasteiger partial charge in [-0.3, -0.25) is 0 Å². The zero-order valence-corrected chi connectivity index (χ0v) is 11.1. The van der Waals surface area contributed by atoms with Gasteiger partial charge in [0.15, 0.2) is 0 Å². The summed E-state index contributed by atoms with van der Waals surface area (Å²) in [4.78, 5) is 6.42. The van der Waals surface area contributed by atoms with Gasteiger partial charge < -0.3 is 15.2 Å². The molecule has 1 aromatic carbocycles. The topological polar surface area (TPSA) is 47.1 Å². The molecule has 2 rings (SSSR count). The molecular weight excluding hydrogens is 243 g/mol. The third kappa shape index (κ3) is 3.54. The van der Waals surface area contributed by atoms with Crippen molar-refractivity contribution in [1.82, 2.24) is 9.55 Å². The number of benzene rings is 1. The van der Waals surface area contributed by atoms with Crippen LogP contribution in [0.25, 0.3) is 0 Å². The highest BCUT2D eigenvalue weighted by molar-refractivity contribution is 5.46. The van der Waals surface area contributed by atoms with Crippen LogP contribution in [-0.4, -0.2) is 22.6 Å². The molecule has 0 aliphatic carbocycles. The van der Waals surface area contributed by atoms with E-state index in [4.69, 9.17) is 5.73 Å². The SMILES string of the molecule is CCN(Cc1cn(CCN)cn1)c1cccc(F)c1. The number of nitrogens with two attached hydrogens (primary N) is 1. The van der Waals surface area contributed by atoms with E-state index in [1.54, 1.807) is 18.5 Å². The lowest BCUT2D eigenvalue weighted by molar-refractivity contribution is 0.626. The third-order valence-corrected chi connectivity index (χ3v) is 2.98. The highest BCUT2D eigenvalue weighted by atomic mass is 19.1. The average molecular weight is 262 g/mol. The normalized spacial score (nSPS) is 10.7. The average Bonchev–Trinajstić information content (AvgIpc) is 2.84. The van der Waals surface area contributed by atoms with E-state index < -0.39 is 0 Å². The lowest BCUT2D eigenvalue weighted by Gasteiger charge is -2.22. The summed E-state index contributed by atoms with van der Waals surface area (Å²) in [6.07, 6.45) is 3.76. The molecule has 0 aliphatic rings. The Balaban J connectivity index is 2.09. The molecule has 2 aromatic rings. The Hall–Kier alpha value is -1.88. The van der Waals surface area contributed by atoms with Gasteiger partial charge in [0, 0.05) is 31.5 Å². The molecule has 0 saturated carbocycles. The van der Waals surface area contributed by atoms with Gasteiger partial charge in [0.2, 0.25) is 0 Å². The Morgan fingerprint density at radius 1 is 1.42 bits per heavy atom. The van der Waals surface area contributed by atoms with Crippen molar-refractivity contribution >= 4 is 5.69 Å². The van der Waals surface area contributed by atoms with E-state index in [2.05, 4.69) is 9.88 Å². The molecule has 0 radical (unpaired) electrons. The van der Waals surface area contributed by atoms with Gasteiger partial charge in [0.1, 0.15) is 5.82 Å². The smallest absolute Gasteiger partial charge is 0.125 e. The molecule has 0 saturated heterocycles. The van der Waals surface area contributed by atoms with Crippen molar-refractivity contribution < 1.29 is 4.39 Å². The quantitative estimate of drug-likeness (QED) is 0.866. The van der Waals surface area contributed by atoms with Gasteiger partial charge in [-0.1, -0.05) is 6.07 Å². The summed E-state index contributed by atoms with van der Waals surface area (Å²) in [5.41, 5.74) is 7.33. The molecule has 0 unspecified atom stereocenters. The Morgan fingerprint density at radius 3 is 2.95 bits per heavy atom. The summed E-state index contributed by atoms with van der Waals surface area (Å²) < 4.78 is 15.2. The minimum atomic E-state index is -0.218. The maximum Gasteiger partial charge on any atom is 0.125 e. The van der Waals surface area contributed by atoms with E-state index in [1.807, 2.05) is 23.8 Å². The number of rotatable bonds is 6. The van der Waals surface area contributed by atoms with E-state index in [0.29, 0.717) is 13.1 Å². The number of aromatic nitrogens is 2. The molecule has 2 N–H and O–H groups in total. The Morgan fingerprint density at radius 2 is 2.26 bits per heavy atom. The number of imidazole rings is 1. The lowest BCUT2D eigenvalue weighted by Crippen LogP contribution is -2.22. The van der Waals surface area contributed by atoms with Gasteiger partial charge in [-0.15, -0.1) is 0 Å². The maximum atomic E-state index is 13.2. The van der Waals surface area contributed by atoms with Crippen LogP contribution in [0.15, 0.2) is 36.8 Å². The van der Waals surface area contributed by atoms with Crippen LogP contribution in [0.4, 0.5) is 10.1 Å². The van der Waals surface area contributed by atoms with Gasteiger partial charge in [-0.05, 0) is 25.1 Å². The number of halogens is 1. The molecular formula is C14H19FN4. The van der Waals surface area contributed by atoms with E-state index in [1.165, 1.54) is 6.07 Å². The summed E-state index contributed by atoms with van der Waals surface area (Å²) in [5, 5.41) is 0. The summed E-state index contributed by atoms with van der Waals surface area (Å²) in [7, 11) is 0. The van der Waals surface area contributed by atoms with Crippen LogP contribution in [0.1, 0.15) is 12.6 Å². The second kappa shape index (κ2) is 6.33. The number of nitrogens with zero attached hydrogens (tertiary/aromatic N) is 3. The number of hydrogen-bond acceptors (Lipinski definition) is 3. The van der Waals surface area contributed by atoms with Crippen LogP contribution in [0.3, 0.4) is 0 Å². The first-order valence-electron chi connectivity index (χ1n) is 6.44. The van der Waals surface area contributed by atoms with Crippen molar-refractivity contribution in [3.05, 3.63) is 48.3 Å². The predicted octanol–water partition coefficient (Wildman–Crippen LogP) is 2.01. The molecule has 1 aromatic heterocycles. The molecule has 0 amide bonds. The van der Waals surface area contributed by atoms with Crippen LogP contribution >= 0.6 is 0 Å². The van der Waals surface area contributed by atoms with Gasteiger partial charge in [-0.2, -0.15) is 0 Å². The molecule has 0 fully saturated rings. The molecule has 0 aliphatic heterocycles. The van der Waals surface area contributed by atoms with Crippen molar-refractivity contribution in [2.75, 3.05) is 18.0 Å². The molecule has 5 heteroatoms. The first-order chi connectivity index (χ1) is 9.22. The fourth-order valence-electron chi connectivity index (χ4n) is 2.01. The summed E-state index contributed by atoms with van der Waals surface area (Å²) >= 11 is 0. The highest BCUT2D eigenvalue weighted by Crippen LogP contribution is 2.17. The van der Waals surface area contributed by atoms with Crippen molar-refractivity contribution in [3.63, 3.8) is 0 Å². The van der Waals surface area contributed by atoms with E-state index in [9.17, 15) is 4.39 Å². The molecule has 0 bridgehead atoms. The summed E-state index contributed by atoms with van der Waals surface area (Å²) in [6, 6.07) is 6.62. The second-order valence-corrected chi connectivity index (χ2v) is 4.39. The van der Waals surface area contributed by atoms with Gasteiger partial charge in [0.05, 0.1) is 18.6 Å². The monoisotopic (exact) mass is 262 g/mol. The van der Waals surface area contributed by atoms with Crippen LogP contribution < -0.4 is 10.6 Å². The summed E-state index contributed by atoms with van der Waals surface area (Å²) in [5.74, 6) is -0.218. The van der Waals surface area contributed by atoms with Crippen LogP contribution in [-0.2, 0) is 13.1 Å². The Bertz CT molecular complexity index is 524. The van der Waals surface area contributed by atoms with E-state index in [-0.39, 0.29) is 5.82 Å². The van der Waals surface area contributed by atoms with Crippen molar-refractivity contribution in [2.45, 2.75) is 20.0 Å². The largest absolute Gasteiger partial charge is 0.366 e. The maximum absolute atomic E-state index is 13.2. The third-order valence-electron chi connectivity index (χ3n) is 2.98. The van der Waals surface area contributed by atoms with Crippen molar-refractivity contribution in [2.24, 2.45) is 5.73 Å². The fourth-order valence-corrected chi connectivity index (χ4v) is 2.01. The first kappa shape index (κ1) is 13.5. The Kier molecular flexibility index (Phi) is 4.52. The molecule has 4 nitrogen and oxygen atoms in total. The van der Waals surface area contributed by atoms with Crippen molar-refractivity contribution in [1.29, 1.82) is 0 Å². The standard InChI is InChI=1S/C14H19FN4/c1-2-19(14-5-3-4-12(15)8-14)10-13-9-18(7-6-16)11-17-13/h3-5,8-9,11H,2,6-7,10,16H2,1H3. The molecule has 1 heterocycles. The zero-order chi connectivity index (χ0) is 13.7. The number of anilines is 1. The fraction of sp³-hybridized carbons (Fsp3) is 0.357. The van der Waals surface area contributed by atoms with Gasteiger partial charge in [-0.25, -0.2) is 9.37 Å². The van der Waals surface area contributed by atoms with E-state index in [0.717, 1.165) is 24.5 Å². The van der Waals surface area contributed by atoms with E-state index >= 15 is 0 Å². The number of hydrogen-bond donors (Lipinski definition) is 1. The molecule has 0 spiro atoms. The minimum Gasteiger partial charge on any atom is -0.366 e. The highest BCUT2D eigenvalue weighted by Gasteiger charge is 2.08. The van der Waals surface area contributed by atoms with Crippen LogP contribution in [0, 0.1) is 5.82 Å². The van der Waals surface area contributed by atoms with Crippen LogP contribution in [0.5, 0.6) is 0 Å². The molecule has 0 atom stereocenters. The van der Waals surface area contributed by atoms with Crippen LogP contribution in [0.2, 0.25) is 0 Å². The second-order valence-electron chi connectivity index (χ2n) is 4.39. The van der Waals surface area contributed by atoms with Crippen molar-refractivity contribution in [3.8, 4) is 0 Å². The molecule has 102 valence electrons. The first-order valence-corrected chi connectivity index (χ1v) is 6.44. The minimum absolute atomic E-state index is 0.218. The molecule has 19 heavy (non-hydrogen) atoms. The zero-order valence-electron chi connectivity index (χ0n) is 11.1. The summed E-state index contributed by atoms with van der Waals surface area (Å²) in [6.45, 7) is 4.86. The Labute approximate surface area is 112 Å². The van der Waals surface area contributed by atoms with Gasteiger partial charge >= 0.3 is 0 Å². The lowest BCUT2D eigenvalue weighted by atomic mass is 10.2.